The van der Waals surface area contributed by atoms with Crippen LogP contribution in [0.3, 0.4) is 0 Å². The first-order valence-electron chi connectivity index (χ1n) is 11.0. The molecule has 0 heterocycles. The number of nitrogens with one attached hydrogen (secondary N) is 1. The highest BCUT2D eigenvalue weighted by Gasteiger charge is 2.28. The molecule has 2 amide bonds. The highest BCUT2D eigenvalue weighted by Crippen LogP contribution is 2.22. The number of carbonyl (C=O) groups excluding carboxylic acids is 2. The first-order chi connectivity index (χ1) is 14.9. The van der Waals surface area contributed by atoms with Crippen molar-refractivity contribution in [2.45, 2.75) is 64.6 Å². The van der Waals surface area contributed by atoms with Gasteiger partial charge in [0.15, 0.2) is 6.61 Å². The Labute approximate surface area is 189 Å². The molecule has 1 fully saturated rings. The van der Waals surface area contributed by atoms with Crippen LogP contribution in [0.5, 0.6) is 5.75 Å². The third-order valence-electron chi connectivity index (χ3n) is 5.81. The van der Waals surface area contributed by atoms with Crippen LogP contribution in [-0.4, -0.2) is 35.4 Å². The molecule has 0 bridgehead atoms. The molecule has 0 aromatic heterocycles. The van der Waals surface area contributed by atoms with Gasteiger partial charge in [0.1, 0.15) is 11.8 Å². The second kappa shape index (κ2) is 11.2. The summed E-state index contributed by atoms with van der Waals surface area (Å²) in [5, 5.41) is 3.79. The van der Waals surface area contributed by atoms with Gasteiger partial charge in [-0.3, -0.25) is 9.59 Å². The molecule has 0 unspecified atom stereocenters. The minimum Gasteiger partial charge on any atom is -0.484 e. The van der Waals surface area contributed by atoms with Gasteiger partial charge < -0.3 is 15.0 Å². The van der Waals surface area contributed by atoms with E-state index in [9.17, 15) is 9.59 Å². The van der Waals surface area contributed by atoms with Crippen molar-refractivity contribution in [2.75, 3.05) is 6.61 Å². The van der Waals surface area contributed by atoms with Crippen LogP contribution in [-0.2, 0) is 16.1 Å². The lowest BCUT2D eigenvalue weighted by atomic mass is 9.95. The van der Waals surface area contributed by atoms with Crippen molar-refractivity contribution in [2.24, 2.45) is 0 Å². The summed E-state index contributed by atoms with van der Waals surface area (Å²) in [4.78, 5) is 27.6. The van der Waals surface area contributed by atoms with Crippen molar-refractivity contribution < 1.29 is 14.3 Å². The molecule has 0 aliphatic heterocycles. The number of amides is 2. The monoisotopic (exact) mass is 442 g/mol. The van der Waals surface area contributed by atoms with E-state index in [0.29, 0.717) is 17.3 Å². The quantitative estimate of drug-likeness (QED) is 0.633. The van der Waals surface area contributed by atoms with Gasteiger partial charge >= 0.3 is 0 Å². The fourth-order valence-corrected chi connectivity index (χ4v) is 3.98. The Balaban J connectivity index is 1.68. The van der Waals surface area contributed by atoms with Gasteiger partial charge in [-0.05, 0) is 56.0 Å². The van der Waals surface area contributed by atoms with Gasteiger partial charge in [0, 0.05) is 17.6 Å². The molecule has 1 aliphatic carbocycles. The predicted molar refractivity (Wildman–Crippen MR) is 123 cm³/mol. The molecular formula is C25H31ClN2O3. The number of hydrogen-bond acceptors (Lipinski definition) is 3. The summed E-state index contributed by atoms with van der Waals surface area (Å²) in [6.07, 6.45) is 5.51. The lowest BCUT2D eigenvalue weighted by molar-refractivity contribution is -0.142. The normalized spacial score (nSPS) is 15.2. The summed E-state index contributed by atoms with van der Waals surface area (Å²) in [7, 11) is 0. The first-order valence-corrected chi connectivity index (χ1v) is 11.3. The maximum Gasteiger partial charge on any atom is 0.261 e. The van der Waals surface area contributed by atoms with Gasteiger partial charge in [-0.1, -0.05) is 61.2 Å². The molecule has 2 aromatic carbocycles. The highest BCUT2D eigenvalue weighted by molar-refractivity contribution is 6.31. The average molecular weight is 443 g/mol. The van der Waals surface area contributed by atoms with Gasteiger partial charge in [0.25, 0.3) is 5.91 Å². The maximum atomic E-state index is 13.1. The molecule has 2 aromatic rings. The number of nitrogens with zero attached hydrogens (tertiary/aromatic N) is 1. The van der Waals surface area contributed by atoms with Crippen molar-refractivity contribution in [3.05, 3.63) is 64.7 Å². The standard InChI is InChI=1S/C25H31ClN2O3/c1-18-15-22(13-14-23(18)26)31-17-24(29)28(16-20-9-5-3-6-10-20)19(2)25(30)27-21-11-7-4-8-12-21/h3,5-6,9-10,13-15,19,21H,4,7-8,11-12,16-17H2,1-2H3,(H,27,30)/t19-/m1/s1. The van der Waals surface area contributed by atoms with Crippen LogP contribution in [0.4, 0.5) is 0 Å². The molecule has 1 atom stereocenters. The van der Waals surface area contributed by atoms with E-state index in [1.165, 1.54) is 6.42 Å². The van der Waals surface area contributed by atoms with Gasteiger partial charge in [-0.2, -0.15) is 0 Å². The minimum absolute atomic E-state index is 0.112. The van der Waals surface area contributed by atoms with E-state index < -0.39 is 6.04 Å². The Kier molecular flexibility index (Phi) is 8.35. The number of ether oxygens (including phenoxy) is 1. The maximum absolute atomic E-state index is 13.1. The summed E-state index contributed by atoms with van der Waals surface area (Å²) in [6.45, 7) is 3.87. The molecule has 0 spiro atoms. The topological polar surface area (TPSA) is 58.6 Å². The fraction of sp³-hybridized carbons (Fsp3) is 0.440. The fourth-order valence-electron chi connectivity index (χ4n) is 3.87. The second-order valence-corrected chi connectivity index (χ2v) is 8.63. The zero-order valence-electron chi connectivity index (χ0n) is 18.3. The van der Waals surface area contributed by atoms with E-state index in [2.05, 4.69) is 5.32 Å². The SMILES string of the molecule is Cc1cc(OCC(=O)N(Cc2ccccc2)[C@H](C)C(=O)NC2CCCCC2)ccc1Cl. The van der Waals surface area contributed by atoms with Crippen LogP contribution in [0, 0.1) is 6.92 Å². The molecule has 3 rings (SSSR count). The van der Waals surface area contributed by atoms with E-state index in [0.717, 1.165) is 36.8 Å². The van der Waals surface area contributed by atoms with Gasteiger partial charge in [-0.25, -0.2) is 0 Å². The van der Waals surface area contributed by atoms with Crippen molar-refractivity contribution >= 4 is 23.4 Å². The number of rotatable bonds is 8. The lowest BCUT2D eigenvalue weighted by Crippen LogP contribution is -2.51. The van der Waals surface area contributed by atoms with E-state index in [-0.39, 0.29) is 24.5 Å². The van der Waals surface area contributed by atoms with Crippen LogP contribution in [0.2, 0.25) is 5.02 Å². The highest BCUT2D eigenvalue weighted by atomic mass is 35.5. The molecule has 166 valence electrons. The Morgan fingerprint density at radius 2 is 1.84 bits per heavy atom. The van der Waals surface area contributed by atoms with Gasteiger partial charge in [0.05, 0.1) is 0 Å². The molecule has 0 radical (unpaired) electrons. The van der Waals surface area contributed by atoms with Crippen molar-refractivity contribution in [3.63, 3.8) is 0 Å². The van der Waals surface area contributed by atoms with Crippen LogP contribution >= 0.6 is 11.6 Å². The van der Waals surface area contributed by atoms with Gasteiger partial charge in [-0.15, -0.1) is 0 Å². The molecule has 31 heavy (non-hydrogen) atoms. The Hall–Kier alpha value is -2.53. The average Bonchev–Trinajstić information content (AvgIpc) is 2.79. The number of aryl methyl sites for hydroxylation is 1. The Morgan fingerprint density at radius 3 is 2.52 bits per heavy atom. The molecule has 0 saturated heterocycles. The van der Waals surface area contributed by atoms with Gasteiger partial charge in [0.2, 0.25) is 5.91 Å². The molecule has 1 saturated carbocycles. The van der Waals surface area contributed by atoms with Crippen LogP contribution in [0.25, 0.3) is 0 Å². The summed E-state index contributed by atoms with van der Waals surface area (Å²) in [5.74, 6) is 0.232. The van der Waals surface area contributed by atoms with Crippen LogP contribution < -0.4 is 10.1 Å². The third kappa shape index (κ3) is 6.73. The zero-order chi connectivity index (χ0) is 22.2. The second-order valence-electron chi connectivity index (χ2n) is 8.23. The van der Waals surface area contributed by atoms with Crippen molar-refractivity contribution in [1.82, 2.24) is 10.2 Å². The third-order valence-corrected chi connectivity index (χ3v) is 6.23. The number of carbonyl (C=O) groups is 2. The Morgan fingerprint density at radius 1 is 1.13 bits per heavy atom. The first kappa shape index (κ1) is 23.1. The van der Waals surface area contributed by atoms with Crippen LogP contribution in [0.15, 0.2) is 48.5 Å². The number of halogens is 1. The summed E-state index contributed by atoms with van der Waals surface area (Å²) in [5.41, 5.74) is 1.85. The smallest absolute Gasteiger partial charge is 0.261 e. The predicted octanol–water partition coefficient (Wildman–Crippen LogP) is 4.89. The van der Waals surface area contributed by atoms with E-state index in [1.54, 1.807) is 30.0 Å². The number of benzene rings is 2. The summed E-state index contributed by atoms with van der Waals surface area (Å²) in [6, 6.07) is 14.6. The Bertz CT molecular complexity index is 882. The largest absolute Gasteiger partial charge is 0.484 e. The summed E-state index contributed by atoms with van der Waals surface area (Å²) < 4.78 is 5.72. The minimum atomic E-state index is -0.592. The summed E-state index contributed by atoms with van der Waals surface area (Å²) >= 11 is 6.07. The molecule has 6 heteroatoms. The van der Waals surface area contributed by atoms with Crippen molar-refractivity contribution in [1.29, 1.82) is 0 Å². The van der Waals surface area contributed by atoms with E-state index in [4.69, 9.17) is 16.3 Å². The van der Waals surface area contributed by atoms with E-state index >= 15 is 0 Å². The van der Waals surface area contributed by atoms with Crippen molar-refractivity contribution in [3.8, 4) is 5.75 Å². The van der Waals surface area contributed by atoms with Crippen LogP contribution in [0.1, 0.15) is 50.2 Å². The number of hydrogen-bond donors (Lipinski definition) is 1. The molecule has 5 nitrogen and oxygen atoms in total. The molecule has 1 aliphatic rings. The van der Waals surface area contributed by atoms with E-state index in [1.807, 2.05) is 37.3 Å². The zero-order valence-corrected chi connectivity index (χ0v) is 19.0. The molecule has 1 N–H and O–H groups in total. The molecular weight excluding hydrogens is 412 g/mol. The lowest BCUT2D eigenvalue weighted by Gasteiger charge is -2.31.